The van der Waals surface area contributed by atoms with Gasteiger partial charge in [-0.3, -0.25) is 0 Å². The van der Waals surface area contributed by atoms with E-state index >= 15 is 0 Å². The summed E-state index contributed by atoms with van der Waals surface area (Å²) >= 11 is 9.55. The first-order valence-electron chi connectivity index (χ1n) is 7.88. The number of halogens is 1. The van der Waals surface area contributed by atoms with Gasteiger partial charge in [-0.2, -0.15) is 0 Å². The zero-order valence-corrected chi connectivity index (χ0v) is 16.0. The molecule has 3 aromatic rings. The van der Waals surface area contributed by atoms with E-state index in [1.807, 2.05) is 18.2 Å². The predicted molar refractivity (Wildman–Crippen MR) is 100 cm³/mol. The van der Waals surface area contributed by atoms with Crippen molar-refractivity contribution in [2.24, 2.45) is 0 Å². The molecule has 0 amide bonds. The highest BCUT2D eigenvalue weighted by Gasteiger charge is 2.19. The second-order valence-electron chi connectivity index (χ2n) is 5.48. The fourth-order valence-electron chi connectivity index (χ4n) is 2.77. The maximum absolute atomic E-state index is 6.24. The molecule has 0 spiro atoms. The molecule has 0 fully saturated rings. The number of thioether (sulfide) groups is 1. The molecule has 0 unspecified atom stereocenters. The van der Waals surface area contributed by atoms with Crippen LogP contribution < -0.4 is 4.74 Å². The third-order valence-corrected chi connectivity index (χ3v) is 5.98. The molecule has 5 nitrogen and oxygen atoms in total. The number of ether oxygens (including phenoxy) is 2. The number of fused-ring (bicyclic) bond motifs is 1. The lowest BCUT2D eigenvalue weighted by molar-refractivity contribution is -0.0168. The first-order valence-corrected chi connectivity index (χ1v) is 10.1. The highest BCUT2D eigenvalue weighted by molar-refractivity contribution is 7.98. The van der Waals surface area contributed by atoms with E-state index in [0.29, 0.717) is 17.4 Å². The summed E-state index contributed by atoms with van der Waals surface area (Å²) in [6.45, 7) is 3.73. The van der Waals surface area contributed by atoms with Crippen LogP contribution in [0.5, 0.6) is 5.75 Å². The van der Waals surface area contributed by atoms with Crippen LogP contribution in [-0.4, -0.2) is 21.6 Å². The minimum atomic E-state index is 0.278. The molecule has 3 heterocycles. The van der Waals surface area contributed by atoms with E-state index in [1.54, 1.807) is 23.1 Å². The topological polar surface area (TPSA) is 49.2 Å². The lowest BCUT2D eigenvalue weighted by Crippen LogP contribution is -2.13. The summed E-state index contributed by atoms with van der Waals surface area (Å²) in [6.07, 6.45) is 0. The van der Waals surface area contributed by atoms with E-state index < -0.39 is 0 Å². The molecule has 0 saturated heterocycles. The van der Waals surface area contributed by atoms with Crippen LogP contribution in [0.15, 0.2) is 34.8 Å². The fraction of sp³-hybridized carbons (Fsp3) is 0.294. The maximum Gasteiger partial charge on any atom is 0.191 e. The lowest BCUT2D eigenvalue weighted by Gasteiger charge is -2.21. The van der Waals surface area contributed by atoms with Crippen LogP contribution in [0, 0.1) is 0 Å². The Morgan fingerprint density at radius 2 is 2.28 bits per heavy atom. The molecule has 1 aromatic carbocycles. The van der Waals surface area contributed by atoms with E-state index in [4.69, 9.17) is 21.1 Å². The van der Waals surface area contributed by atoms with Crippen molar-refractivity contribution in [3.05, 3.63) is 45.8 Å². The minimum Gasteiger partial charge on any atom is -0.467 e. The number of thiophene rings is 1. The van der Waals surface area contributed by atoms with Crippen molar-refractivity contribution >= 4 is 34.7 Å². The molecule has 0 atom stereocenters. The van der Waals surface area contributed by atoms with Crippen molar-refractivity contribution in [3.63, 3.8) is 0 Å². The van der Waals surface area contributed by atoms with Gasteiger partial charge in [0.05, 0.1) is 11.5 Å². The molecular formula is C17H16ClN3O2S2. The molecule has 2 aromatic heterocycles. The average Bonchev–Trinajstić information content (AvgIpc) is 3.28. The van der Waals surface area contributed by atoms with Crippen molar-refractivity contribution in [1.29, 1.82) is 0 Å². The summed E-state index contributed by atoms with van der Waals surface area (Å²) in [6, 6.07) is 7.94. The van der Waals surface area contributed by atoms with Crippen LogP contribution >= 0.6 is 34.7 Å². The van der Waals surface area contributed by atoms with E-state index in [9.17, 15) is 0 Å². The van der Waals surface area contributed by atoms with Crippen molar-refractivity contribution in [1.82, 2.24) is 14.8 Å². The largest absolute Gasteiger partial charge is 0.467 e. The number of aromatic nitrogens is 3. The van der Waals surface area contributed by atoms with Gasteiger partial charge in [-0.05, 0) is 30.5 Å². The summed E-state index contributed by atoms with van der Waals surface area (Å²) in [5.74, 6) is 2.51. The zero-order valence-electron chi connectivity index (χ0n) is 13.6. The normalized spacial score (nSPS) is 13.5. The molecule has 1 aliphatic heterocycles. The SMILES string of the molecule is CCn1c(SCc2cc(Cl)cc3c2OCOC3)nnc1-c1cccs1. The quantitative estimate of drug-likeness (QED) is 0.580. The van der Waals surface area contributed by atoms with Crippen LogP contribution in [-0.2, 0) is 23.6 Å². The van der Waals surface area contributed by atoms with Crippen LogP contribution in [0.2, 0.25) is 5.02 Å². The van der Waals surface area contributed by atoms with Crippen LogP contribution in [0.3, 0.4) is 0 Å². The van der Waals surface area contributed by atoms with Gasteiger partial charge in [0.1, 0.15) is 5.75 Å². The Balaban J connectivity index is 1.59. The Morgan fingerprint density at radius 3 is 3.08 bits per heavy atom. The summed E-state index contributed by atoms with van der Waals surface area (Å²) < 4.78 is 13.2. The fourth-order valence-corrected chi connectivity index (χ4v) is 4.72. The molecule has 0 saturated carbocycles. The summed E-state index contributed by atoms with van der Waals surface area (Å²) in [4.78, 5) is 1.13. The van der Waals surface area contributed by atoms with Crippen LogP contribution in [0.25, 0.3) is 10.7 Å². The molecular weight excluding hydrogens is 378 g/mol. The third kappa shape index (κ3) is 3.42. The number of rotatable bonds is 5. The van der Waals surface area contributed by atoms with Gasteiger partial charge in [-0.25, -0.2) is 0 Å². The molecule has 0 bridgehead atoms. The van der Waals surface area contributed by atoms with Crippen LogP contribution in [0.4, 0.5) is 0 Å². The second kappa shape index (κ2) is 7.37. The van der Waals surface area contributed by atoms with Gasteiger partial charge in [0.25, 0.3) is 0 Å². The maximum atomic E-state index is 6.24. The van der Waals surface area contributed by atoms with Gasteiger partial charge in [0, 0.05) is 28.4 Å². The lowest BCUT2D eigenvalue weighted by atomic mass is 10.1. The number of hydrogen-bond donors (Lipinski definition) is 0. The molecule has 130 valence electrons. The van der Waals surface area contributed by atoms with E-state index in [1.165, 1.54) is 0 Å². The summed E-state index contributed by atoms with van der Waals surface area (Å²) in [5, 5.41) is 12.4. The molecule has 8 heteroatoms. The Labute approximate surface area is 158 Å². The molecule has 1 aliphatic rings. The predicted octanol–water partition coefficient (Wildman–Crippen LogP) is 4.84. The first-order chi connectivity index (χ1) is 12.3. The Bertz CT molecular complexity index is 880. The monoisotopic (exact) mass is 393 g/mol. The van der Waals surface area contributed by atoms with Crippen molar-refractivity contribution < 1.29 is 9.47 Å². The highest BCUT2D eigenvalue weighted by Crippen LogP contribution is 2.36. The minimum absolute atomic E-state index is 0.278. The molecule has 0 N–H and O–H groups in total. The Hall–Kier alpha value is -1.54. The number of benzene rings is 1. The van der Waals surface area contributed by atoms with Crippen molar-refractivity contribution in [3.8, 4) is 16.5 Å². The number of hydrogen-bond acceptors (Lipinski definition) is 6. The smallest absolute Gasteiger partial charge is 0.191 e. The number of nitrogens with zero attached hydrogens (tertiary/aromatic N) is 3. The zero-order chi connectivity index (χ0) is 17.2. The van der Waals surface area contributed by atoms with Gasteiger partial charge >= 0.3 is 0 Å². The van der Waals surface area contributed by atoms with Crippen molar-refractivity contribution in [2.75, 3.05) is 6.79 Å². The highest BCUT2D eigenvalue weighted by atomic mass is 35.5. The Kier molecular flexibility index (Phi) is 4.98. The van der Waals surface area contributed by atoms with Gasteiger partial charge in [-0.15, -0.1) is 21.5 Å². The van der Waals surface area contributed by atoms with E-state index in [2.05, 4.69) is 33.1 Å². The van der Waals surface area contributed by atoms with Gasteiger partial charge in [0.15, 0.2) is 17.8 Å². The second-order valence-corrected chi connectivity index (χ2v) is 7.81. The summed E-state index contributed by atoms with van der Waals surface area (Å²) in [5.41, 5.74) is 2.05. The van der Waals surface area contributed by atoms with Crippen LogP contribution in [0.1, 0.15) is 18.1 Å². The van der Waals surface area contributed by atoms with Gasteiger partial charge < -0.3 is 14.0 Å². The van der Waals surface area contributed by atoms with Crippen molar-refractivity contribution in [2.45, 2.75) is 31.0 Å². The standard InChI is InChI=1S/C17H16ClN3O2S2/c1-2-21-16(14-4-3-5-24-14)19-20-17(21)25-9-12-7-13(18)6-11-8-22-10-23-15(11)12/h3-7H,2,8-10H2,1H3. The molecule has 4 rings (SSSR count). The first kappa shape index (κ1) is 16.9. The van der Waals surface area contributed by atoms with Gasteiger partial charge in [0.2, 0.25) is 0 Å². The molecule has 0 radical (unpaired) electrons. The van der Waals surface area contributed by atoms with Gasteiger partial charge in [-0.1, -0.05) is 29.4 Å². The Morgan fingerprint density at radius 1 is 1.36 bits per heavy atom. The molecule has 25 heavy (non-hydrogen) atoms. The third-order valence-electron chi connectivity index (χ3n) is 3.88. The van der Waals surface area contributed by atoms with E-state index in [-0.39, 0.29) is 6.79 Å². The van der Waals surface area contributed by atoms with E-state index in [0.717, 1.165) is 39.3 Å². The summed E-state index contributed by atoms with van der Waals surface area (Å²) in [7, 11) is 0. The average molecular weight is 394 g/mol. The molecule has 0 aliphatic carbocycles.